The van der Waals surface area contributed by atoms with E-state index in [9.17, 15) is 4.79 Å². The molecule has 0 aliphatic carbocycles. The molecule has 0 bridgehead atoms. The molecule has 0 heterocycles. The number of nitrogens with two attached hydrogens (primary N) is 2. The fourth-order valence-electron chi connectivity index (χ4n) is 1.77. The maximum Gasteiger partial charge on any atom is 0.250 e. The second-order valence-electron chi connectivity index (χ2n) is 4.15. The second kappa shape index (κ2) is 5.75. The monoisotopic (exact) mass is 319 g/mol. The van der Waals surface area contributed by atoms with E-state index in [-0.39, 0.29) is 0 Å². The maximum absolute atomic E-state index is 11.3. The number of hydrogen-bond donors (Lipinski definition) is 3. The molecule has 2 rings (SSSR count). The van der Waals surface area contributed by atoms with Crippen LogP contribution < -0.4 is 16.8 Å². The van der Waals surface area contributed by atoms with Crippen molar-refractivity contribution in [2.75, 3.05) is 11.1 Å². The highest BCUT2D eigenvalue weighted by Crippen LogP contribution is 2.20. The van der Waals surface area contributed by atoms with Gasteiger partial charge in [0.1, 0.15) is 0 Å². The average molecular weight is 320 g/mol. The molecule has 4 nitrogen and oxygen atoms in total. The molecule has 0 atom stereocenters. The summed E-state index contributed by atoms with van der Waals surface area (Å²) in [6, 6.07) is 12.9. The molecule has 19 heavy (non-hydrogen) atoms. The SMILES string of the molecule is NC(=O)c1ccc(N)cc1NCc1cccc(Br)c1. The number of nitrogen functional groups attached to an aromatic ring is 1. The van der Waals surface area contributed by atoms with Gasteiger partial charge in [0.2, 0.25) is 0 Å². The molecule has 0 aromatic heterocycles. The second-order valence-corrected chi connectivity index (χ2v) is 5.07. The van der Waals surface area contributed by atoms with Crippen LogP contribution in [0.4, 0.5) is 11.4 Å². The van der Waals surface area contributed by atoms with E-state index >= 15 is 0 Å². The van der Waals surface area contributed by atoms with E-state index in [0.29, 0.717) is 23.5 Å². The molecule has 0 aliphatic rings. The molecular formula is C14H14BrN3O. The van der Waals surface area contributed by atoms with Crippen molar-refractivity contribution in [3.8, 4) is 0 Å². The lowest BCUT2D eigenvalue weighted by atomic mass is 10.1. The molecule has 0 saturated carbocycles. The predicted molar refractivity (Wildman–Crippen MR) is 80.8 cm³/mol. The first-order chi connectivity index (χ1) is 9.06. The third-order valence-corrected chi connectivity index (χ3v) is 3.17. The van der Waals surface area contributed by atoms with E-state index in [1.165, 1.54) is 0 Å². The molecule has 0 fully saturated rings. The Morgan fingerprint density at radius 1 is 1.21 bits per heavy atom. The predicted octanol–water partition coefficient (Wildman–Crippen LogP) is 2.74. The first-order valence-electron chi connectivity index (χ1n) is 5.74. The highest BCUT2D eigenvalue weighted by molar-refractivity contribution is 9.10. The van der Waals surface area contributed by atoms with Crippen LogP contribution >= 0.6 is 15.9 Å². The van der Waals surface area contributed by atoms with Crippen LogP contribution in [0.15, 0.2) is 46.9 Å². The van der Waals surface area contributed by atoms with Crippen LogP contribution in [-0.2, 0) is 6.54 Å². The van der Waals surface area contributed by atoms with Crippen LogP contribution in [0.5, 0.6) is 0 Å². The summed E-state index contributed by atoms with van der Waals surface area (Å²) in [5.41, 5.74) is 13.8. The van der Waals surface area contributed by atoms with Crippen molar-refractivity contribution in [1.29, 1.82) is 0 Å². The summed E-state index contributed by atoms with van der Waals surface area (Å²) in [7, 11) is 0. The van der Waals surface area contributed by atoms with Gasteiger partial charge in [-0.15, -0.1) is 0 Å². The summed E-state index contributed by atoms with van der Waals surface area (Å²) in [6.07, 6.45) is 0. The van der Waals surface area contributed by atoms with Gasteiger partial charge in [-0.2, -0.15) is 0 Å². The fraction of sp³-hybridized carbons (Fsp3) is 0.0714. The van der Waals surface area contributed by atoms with E-state index in [1.54, 1.807) is 18.2 Å². The molecule has 5 N–H and O–H groups in total. The average Bonchev–Trinajstić information content (AvgIpc) is 2.36. The van der Waals surface area contributed by atoms with Gasteiger partial charge in [-0.25, -0.2) is 0 Å². The summed E-state index contributed by atoms with van der Waals surface area (Å²) in [4.78, 5) is 11.3. The number of rotatable bonds is 4. The molecule has 5 heteroatoms. The summed E-state index contributed by atoms with van der Waals surface area (Å²) < 4.78 is 1.01. The van der Waals surface area contributed by atoms with Gasteiger partial charge in [0.05, 0.1) is 5.56 Å². The zero-order valence-electron chi connectivity index (χ0n) is 10.2. The van der Waals surface area contributed by atoms with Crippen LogP contribution in [0.1, 0.15) is 15.9 Å². The standard InChI is InChI=1S/C14H14BrN3O/c15-10-3-1-2-9(6-10)8-18-13-7-11(16)4-5-12(13)14(17)19/h1-7,18H,8,16H2,(H2,17,19). The quantitative estimate of drug-likeness (QED) is 0.758. The summed E-state index contributed by atoms with van der Waals surface area (Å²) in [5, 5.41) is 3.18. The minimum absolute atomic E-state index is 0.434. The lowest BCUT2D eigenvalue weighted by Gasteiger charge is -2.11. The van der Waals surface area contributed by atoms with Crippen molar-refractivity contribution in [2.45, 2.75) is 6.54 Å². The molecule has 0 radical (unpaired) electrons. The maximum atomic E-state index is 11.3. The lowest BCUT2D eigenvalue weighted by Crippen LogP contribution is -2.14. The Kier molecular flexibility index (Phi) is 4.06. The molecule has 1 amide bonds. The number of anilines is 2. The van der Waals surface area contributed by atoms with E-state index in [0.717, 1.165) is 10.0 Å². The van der Waals surface area contributed by atoms with Gasteiger partial charge in [-0.1, -0.05) is 28.1 Å². The van der Waals surface area contributed by atoms with Crippen LogP contribution in [0.3, 0.4) is 0 Å². The third kappa shape index (κ3) is 3.48. The van der Waals surface area contributed by atoms with Crippen molar-refractivity contribution in [3.63, 3.8) is 0 Å². The number of hydrogen-bond acceptors (Lipinski definition) is 3. The molecule has 0 saturated heterocycles. The third-order valence-electron chi connectivity index (χ3n) is 2.68. The Morgan fingerprint density at radius 3 is 2.68 bits per heavy atom. The number of nitrogens with one attached hydrogen (secondary N) is 1. The minimum atomic E-state index is -0.475. The van der Waals surface area contributed by atoms with Crippen LogP contribution in [0, 0.1) is 0 Å². The van der Waals surface area contributed by atoms with E-state index in [2.05, 4.69) is 21.2 Å². The number of primary amides is 1. The van der Waals surface area contributed by atoms with Gasteiger partial charge in [0, 0.05) is 22.4 Å². The highest BCUT2D eigenvalue weighted by Gasteiger charge is 2.08. The molecule has 98 valence electrons. The van der Waals surface area contributed by atoms with Crippen molar-refractivity contribution in [3.05, 3.63) is 58.1 Å². The van der Waals surface area contributed by atoms with Gasteiger partial charge >= 0.3 is 0 Å². The fourth-order valence-corrected chi connectivity index (χ4v) is 2.21. The van der Waals surface area contributed by atoms with Gasteiger partial charge in [-0.05, 0) is 35.9 Å². The van der Waals surface area contributed by atoms with E-state index < -0.39 is 5.91 Å². The van der Waals surface area contributed by atoms with Crippen molar-refractivity contribution in [1.82, 2.24) is 0 Å². The van der Waals surface area contributed by atoms with Gasteiger partial charge < -0.3 is 16.8 Å². The van der Waals surface area contributed by atoms with E-state index in [1.807, 2.05) is 24.3 Å². The summed E-state index contributed by atoms with van der Waals surface area (Å²) in [5.74, 6) is -0.475. The Bertz CT molecular complexity index is 613. The Morgan fingerprint density at radius 2 is 2.00 bits per heavy atom. The summed E-state index contributed by atoms with van der Waals surface area (Å²) >= 11 is 3.42. The van der Waals surface area contributed by atoms with Crippen molar-refractivity contribution < 1.29 is 4.79 Å². The number of amides is 1. The van der Waals surface area contributed by atoms with Crippen LogP contribution in [0.25, 0.3) is 0 Å². The molecule has 2 aromatic carbocycles. The lowest BCUT2D eigenvalue weighted by molar-refractivity contribution is 0.100. The zero-order chi connectivity index (χ0) is 13.8. The topological polar surface area (TPSA) is 81.1 Å². The number of carbonyl (C=O) groups excluding carboxylic acids is 1. The normalized spacial score (nSPS) is 10.2. The van der Waals surface area contributed by atoms with Crippen LogP contribution in [-0.4, -0.2) is 5.91 Å². The van der Waals surface area contributed by atoms with Crippen LogP contribution in [0.2, 0.25) is 0 Å². The molecule has 0 spiro atoms. The molecule has 0 unspecified atom stereocenters. The molecule has 0 aliphatic heterocycles. The Labute approximate surface area is 119 Å². The molecular weight excluding hydrogens is 306 g/mol. The van der Waals surface area contributed by atoms with E-state index in [4.69, 9.17) is 11.5 Å². The zero-order valence-corrected chi connectivity index (χ0v) is 11.8. The minimum Gasteiger partial charge on any atom is -0.399 e. The first-order valence-corrected chi connectivity index (χ1v) is 6.53. The Balaban J connectivity index is 2.19. The van der Waals surface area contributed by atoms with Gasteiger partial charge in [0.15, 0.2) is 0 Å². The number of halogens is 1. The molecule has 2 aromatic rings. The van der Waals surface area contributed by atoms with Crippen molar-refractivity contribution >= 4 is 33.2 Å². The summed E-state index contributed by atoms with van der Waals surface area (Å²) in [6.45, 7) is 0.586. The Hall–Kier alpha value is -2.01. The number of benzene rings is 2. The number of carbonyl (C=O) groups is 1. The van der Waals surface area contributed by atoms with Crippen molar-refractivity contribution in [2.24, 2.45) is 5.73 Å². The highest BCUT2D eigenvalue weighted by atomic mass is 79.9. The largest absolute Gasteiger partial charge is 0.399 e. The van der Waals surface area contributed by atoms with Gasteiger partial charge in [-0.3, -0.25) is 4.79 Å². The smallest absolute Gasteiger partial charge is 0.250 e. The first kappa shape index (κ1) is 13.4. The van der Waals surface area contributed by atoms with Gasteiger partial charge in [0.25, 0.3) is 5.91 Å².